The van der Waals surface area contributed by atoms with Crippen LogP contribution in [0.2, 0.25) is 0 Å². The number of rotatable bonds is 6. The monoisotopic (exact) mass is 270 g/mol. The van der Waals surface area contributed by atoms with Crippen LogP contribution in [0.15, 0.2) is 17.5 Å². The standard InChI is InChI=1S/C13H22N2S2/c1-12-11-15(8-10-16-12)7-6-14-5-4-13-3-2-9-17-13/h2-3,9,12,14H,4-8,10-11H2,1H3. The van der Waals surface area contributed by atoms with Gasteiger partial charge in [-0.05, 0) is 17.9 Å². The van der Waals surface area contributed by atoms with Crippen LogP contribution in [0.1, 0.15) is 11.8 Å². The van der Waals surface area contributed by atoms with Crippen LogP contribution in [0.25, 0.3) is 0 Å². The first-order chi connectivity index (χ1) is 8.34. The minimum atomic E-state index is 0.815. The van der Waals surface area contributed by atoms with Crippen molar-refractivity contribution in [3.05, 3.63) is 22.4 Å². The average Bonchev–Trinajstić information content (AvgIpc) is 2.82. The maximum Gasteiger partial charge on any atom is 0.0147 e. The molecule has 1 fully saturated rings. The molecule has 17 heavy (non-hydrogen) atoms. The number of nitrogens with one attached hydrogen (secondary N) is 1. The second kappa shape index (κ2) is 7.41. The van der Waals surface area contributed by atoms with Crippen molar-refractivity contribution in [1.82, 2.24) is 10.2 Å². The summed E-state index contributed by atoms with van der Waals surface area (Å²) in [5.74, 6) is 1.30. The molecule has 2 heterocycles. The van der Waals surface area contributed by atoms with Gasteiger partial charge in [-0.3, -0.25) is 0 Å². The lowest BCUT2D eigenvalue weighted by molar-refractivity contribution is 0.286. The van der Waals surface area contributed by atoms with Gasteiger partial charge in [-0.25, -0.2) is 0 Å². The van der Waals surface area contributed by atoms with Gasteiger partial charge in [-0.1, -0.05) is 13.0 Å². The predicted octanol–water partition coefficient (Wildman–Crippen LogP) is 2.32. The van der Waals surface area contributed by atoms with Gasteiger partial charge < -0.3 is 10.2 Å². The Hall–Kier alpha value is -0.0300. The highest BCUT2D eigenvalue weighted by atomic mass is 32.2. The molecule has 1 unspecified atom stereocenters. The molecule has 1 aromatic heterocycles. The highest BCUT2D eigenvalue weighted by Crippen LogP contribution is 2.16. The van der Waals surface area contributed by atoms with Crippen molar-refractivity contribution in [1.29, 1.82) is 0 Å². The minimum absolute atomic E-state index is 0.815. The molecule has 2 nitrogen and oxygen atoms in total. The second-order valence-electron chi connectivity index (χ2n) is 4.56. The molecular weight excluding hydrogens is 248 g/mol. The van der Waals surface area contributed by atoms with E-state index in [4.69, 9.17) is 0 Å². The zero-order chi connectivity index (χ0) is 11.9. The van der Waals surface area contributed by atoms with E-state index < -0.39 is 0 Å². The summed E-state index contributed by atoms with van der Waals surface area (Å²) in [6.45, 7) is 8.30. The molecule has 1 saturated heterocycles. The molecule has 1 N–H and O–H groups in total. The maximum atomic E-state index is 3.54. The van der Waals surface area contributed by atoms with Gasteiger partial charge in [0.05, 0.1) is 0 Å². The first-order valence-electron chi connectivity index (χ1n) is 6.41. The van der Waals surface area contributed by atoms with E-state index in [1.54, 1.807) is 0 Å². The van der Waals surface area contributed by atoms with Gasteiger partial charge in [0.2, 0.25) is 0 Å². The molecule has 96 valence electrons. The van der Waals surface area contributed by atoms with Crippen LogP contribution in [-0.2, 0) is 6.42 Å². The Morgan fingerprint density at radius 1 is 1.47 bits per heavy atom. The van der Waals surface area contributed by atoms with Crippen LogP contribution in [0.4, 0.5) is 0 Å². The smallest absolute Gasteiger partial charge is 0.0147 e. The van der Waals surface area contributed by atoms with Crippen LogP contribution in [-0.4, -0.2) is 48.6 Å². The highest BCUT2D eigenvalue weighted by molar-refractivity contribution is 7.99. The normalized spacial score (nSPS) is 21.8. The first kappa shape index (κ1) is 13.4. The summed E-state index contributed by atoms with van der Waals surface area (Å²) < 4.78 is 0. The molecule has 0 amide bonds. The van der Waals surface area contributed by atoms with Crippen molar-refractivity contribution in [2.75, 3.05) is 38.5 Å². The SMILES string of the molecule is CC1CN(CCNCCc2cccs2)CCS1. The lowest BCUT2D eigenvalue weighted by atomic mass is 10.3. The Morgan fingerprint density at radius 3 is 3.18 bits per heavy atom. The summed E-state index contributed by atoms with van der Waals surface area (Å²) in [6, 6.07) is 4.35. The number of thioether (sulfide) groups is 1. The van der Waals surface area contributed by atoms with Gasteiger partial charge in [-0.15, -0.1) is 11.3 Å². The zero-order valence-corrected chi connectivity index (χ0v) is 12.2. The van der Waals surface area contributed by atoms with Gasteiger partial charge in [-0.2, -0.15) is 11.8 Å². The second-order valence-corrected chi connectivity index (χ2v) is 7.14. The Morgan fingerprint density at radius 2 is 2.41 bits per heavy atom. The van der Waals surface area contributed by atoms with Crippen molar-refractivity contribution in [3.8, 4) is 0 Å². The van der Waals surface area contributed by atoms with Crippen LogP contribution < -0.4 is 5.32 Å². The van der Waals surface area contributed by atoms with Crippen LogP contribution in [0, 0.1) is 0 Å². The van der Waals surface area contributed by atoms with Gasteiger partial charge in [0.1, 0.15) is 0 Å². The van der Waals surface area contributed by atoms with Crippen LogP contribution >= 0.6 is 23.1 Å². The lowest BCUT2D eigenvalue weighted by Crippen LogP contribution is -2.40. The Bertz CT molecular complexity index is 300. The number of thiophene rings is 1. The summed E-state index contributed by atoms with van der Waals surface area (Å²) in [6.07, 6.45) is 1.17. The van der Waals surface area contributed by atoms with E-state index in [0.29, 0.717) is 0 Å². The van der Waals surface area contributed by atoms with Crippen molar-refractivity contribution in [2.24, 2.45) is 0 Å². The molecule has 1 aliphatic heterocycles. The molecule has 2 rings (SSSR count). The third-order valence-corrected chi connectivity index (χ3v) is 5.13. The minimum Gasteiger partial charge on any atom is -0.315 e. The largest absolute Gasteiger partial charge is 0.315 e. The summed E-state index contributed by atoms with van der Waals surface area (Å²) in [5, 5.41) is 6.51. The van der Waals surface area contributed by atoms with Crippen LogP contribution in [0.3, 0.4) is 0 Å². The molecule has 4 heteroatoms. The molecule has 0 aromatic carbocycles. The Balaban J connectivity index is 1.51. The Kier molecular flexibility index (Phi) is 5.85. The fraction of sp³-hybridized carbons (Fsp3) is 0.692. The lowest BCUT2D eigenvalue weighted by Gasteiger charge is -2.30. The first-order valence-corrected chi connectivity index (χ1v) is 8.34. The van der Waals surface area contributed by atoms with Crippen molar-refractivity contribution in [2.45, 2.75) is 18.6 Å². The highest BCUT2D eigenvalue weighted by Gasteiger charge is 2.15. The molecular formula is C13H22N2S2. The fourth-order valence-corrected chi connectivity index (χ4v) is 3.91. The predicted molar refractivity (Wildman–Crippen MR) is 79.3 cm³/mol. The molecule has 0 aliphatic carbocycles. The molecule has 0 saturated carbocycles. The zero-order valence-electron chi connectivity index (χ0n) is 10.5. The van der Waals surface area contributed by atoms with Crippen molar-refractivity contribution in [3.63, 3.8) is 0 Å². The van der Waals surface area contributed by atoms with E-state index in [0.717, 1.165) is 18.3 Å². The van der Waals surface area contributed by atoms with Gasteiger partial charge in [0.25, 0.3) is 0 Å². The van der Waals surface area contributed by atoms with Crippen molar-refractivity contribution >= 4 is 23.1 Å². The number of hydrogen-bond acceptors (Lipinski definition) is 4. The molecule has 1 aromatic rings. The summed E-state index contributed by atoms with van der Waals surface area (Å²) in [7, 11) is 0. The summed E-state index contributed by atoms with van der Waals surface area (Å²) in [5.41, 5.74) is 0. The molecule has 0 spiro atoms. The van der Waals surface area contributed by atoms with Crippen molar-refractivity contribution < 1.29 is 0 Å². The van der Waals surface area contributed by atoms with Gasteiger partial charge >= 0.3 is 0 Å². The molecule has 1 atom stereocenters. The van der Waals surface area contributed by atoms with Gasteiger partial charge in [0, 0.05) is 48.6 Å². The Labute approximate surface area is 113 Å². The maximum absolute atomic E-state index is 3.54. The van der Waals surface area contributed by atoms with E-state index >= 15 is 0 Å². The third-order valence-electron chi connectivity index (χ3n) is 3.06. The number of nitrogens with zero attached hydrogens (tertiary/aromatic N) is 1. The average molecular weight is 270 g/mol. The van der Waals surface area contributed by atoms with E-state index in [1.807, 2.05) is 11.3 Å². The van der Waals surface area contributed by atoms with E-state index in [2.05, 4.69) is 46.4 Å². The van der Waals surface area contributed by atoms with E-state index in [9.17, 15) is 0 Å². The third kappa shape index (κ3) is 5.00. The topological polar surface area (TPSA) is 15.3 Å². The number of hydrogen-bond donors (Lipinski definition) is 1. The molecule has 0 bridgehead atoms. The van der Waals surface area contributed by atoms with Crippen LogP contribution in [0.5, 0.6) is 0 Å². The van der Waals surface area contributed by atoms with E-state index in [-0.39, 0.29) is 0 Å². The molecule has 1 aliphatic rings. The van der Waals surface area contributed by atoms with E-state index in [1.165, 1.54) is 36.7 Å². The quantitative estimate of drug-likeness (QED) is 0.799. The summed E-state index contributed by atoms with van der Waals surface area (Å²) in [4.78, 5) is 4.07. The summed E-state index contributed by atoms with van der Waals surface area (Å²) >= 11 is 3.96. The fourth-order valence-electron chi connectivity index (χ4n) is 2.12. The van der Waals surface area contributed by atoms with Gasteiger partial charge in [0.15, 0.2) is 0 Å². The molecule has 0 radical (unpaired) electrons.